The molecule has 5 atom stereocenters. The molecule has 0 N–H and O–H groups in total. The number of hydrogen-bond donors (Lipinski definition) is 0. The minimum Gasteiger partial charge on any atom is -0.380 e. The van der Waals surface area contributed by atoms with Gasteiger partial charge in [-0.15, -0.1) is 11.6 Å². The Kier molecular flexibility index (Phi) is 4.48. The van der Waals surface area contributed by atoms with Gasteiger partial charge in [-0.05, 0) is 38.0 Å². The molecule has 1 saturated carbocycles. The van der Waals surface area contributed by atoms with Crippen LogP contribution in [0.5, 0.6) is 0 Å². The average molecular weight is 261 g/mol. The monoisotopic (exact) mass is 260 g/mol. The van der Waals surface area contributed by atoms with Crippen molar-refractivity contribution >= 4 is 11.6 Å². The molecule has 0 amide bonds. The van der Waals surface area contributed by atoms with Gasteiger partial charge in [0.25, 0.3) is 0 Å². The number of hydrogen-bond acceptors (Lipinski definition) is 1. The van der Waals surface area contributed by atoms with Crippen LogP contribution in [0, 0.1) is 11.8 Å². The highest BCUT2D eigenvalue weighted by molar-refractivity contribution is 6.21. The highest BCUT2D eigenvalue weighted by Gasteiger charge is 2.40. The lowest BCUT2D eigenvalue weighted by Crippen LogP contribution is -2.42. The van der Waals surface area contributed by atoms with Gasteiger partial charge in [-0.25, -0.2) is 4.39 Å². The van der Waals surface area contributed by atoms with Crippen molar-refractivity contribution in [2.45, 2.75) is 56.7 Å². The molecule has 3 heteroatoms. The normalized spacial score (nSPS) is 43.3. The first kappa shape index (κ1) is 13.4. The van der Waals surface area contributed by atoms with Gasteiger partial charge in [0.1, 0.15) is 6.17 Å². The second-order valence-electron chi connectivity index (χ2n) is 5.51. The minimum atomic E-state index is -0.949. The third-order valence-corrected chi connectivity index (χ3v) is 4.81. The molecule has 1 nitrogen and oxygen atoms in total. The Bertz CT molecular complexity index is 292. The number of rotatable bonds is 2. The molecule has 0 aromatic heterocycles. The zero-order valence-electron chi connectivity index (χ0n) is 10.7. The molecule has 2 aliphatic rings. The fourth-order valence-corrected chi connectivity index (χ4v) is 3.45. The Hall–Kier alpha value is -0.0800. The Balaban J connectivity index is 2.03. The van der Waals surface area contributed by atoms with Crippen molar-refractivity contribution < 1.29 is 9.13 Å². The van der Waals surface area contributed by atoms with Gasteiger partial charge in [-0.1, -0.05) is 18.6 Å². The lowest BCUT2D eigenvalue weighted by molar-refractivity contribution is 0.0268. The van der Waals surface area contributed by atoms with Gasteiger partial charge in [0.2, 0.25) is 0 Å². The van der Waals surface area contributed by atoms with Gasteiger partial charge >= 0.3 is 0 Å². The van der Waals surface area contributed by atoms with Crippen LogP contribution in [-0.2, 0) is 4.74 Å². The van der Waals surface area contributed by atoms with Crippen molar-refractivity contribution in [1.29, 1.82) is 0 Å². The van der Waals surface area contributed by atoms with E-state index in [9.17, 15) is 4.39 Å². The zero-order valence-corrected chi connectivity index (χ0v) is 11.4. The second kappa shape index (κ2) is 5.71. The molecule has 0 bridgehead atoms. The minimum absolute atomic E-state index is 0.0383. The molecular formula is C14H22ClFO. The molecule has 2 aliphatic carbocycles. The van der Waals surface area contributed by atoms with Crippen molar-refractivity contribution in [1.82, 2.24) is 0 Å². The fourth-order valence-electron chi connectivity index (χ4n) is 3.05. The van der Waals surface area contributed by atoms with E-state index >= 15 is 0 Å². The summed E-state index contributed by atoms with van der Waals surface area (Å²) >= 11 is 6.15. The standard InChI is InChI=1S/C14H22ClFO/c1-9-3-5-10(6-4-9)11-7-8-12(17-2)13(15)14(11)16/h5,9,11-14H,3-4,6-8H2,1-2H3. The number of ether oxygens (including phenoxy) is 1. The number of halogens is 2. The second-order valence-corrected chi connectivity index (χ2v) is 6.01. The smallest absolute Gasteiger partial charge is 0.125 e. The van der Waals surface area contributed by atoms with Gasteiger partial charge in [0.05, 0.1) is 11.5 Å². The van der Waals surface area contributed by atoms with E-state index in [0.717, 1.165) is 31.6 Å². The number of allylic oxidation sites excluding steroid dienone is 2. The van der Waals surface area contributed by atoms with E-state index in [1.165, 1.54) is 12.0 Å². The molecule has 0 radical (unpaired) electrons. The maximum Gasteiger partial charge on any atom is 0.125 e. The van der Waals surface area contributed by atoms with Crippen LogP contribution >= 0.6 is 11.6 Å². The molecule has 0 spiro atoms. The zero-order chi connectivity index (χ0) is 12.4. The summed E-state index contributed by atoms with van der Waals surface area (Å²) in [5.74, 6) is 0.787. The summed E-state index contributed by atoms with van der Waals surface area (Å²) < 4.78 is 19.5. The van der Waals surface area contributed by atoms with Gasteiger partial charge in [-0.3, -0.25) is 0 Å². The van der Waals surface area contributed by atoms with Crippen molar-refractivity contribution in [2.75, 3.05) is 7.11 Å². The molecule has 0 heterocycles. The van der Waals surface area contributed by atoms with Crippen molar-refractivity contribution in [3.63, 3.8) is 0 Å². The van der Waals surface area contributed by atoms with E-state index < -0.39 is 11.5 Å². The first-order chi connectivity index (χ1) is 8.13. The third-order valence-electron chi connectivity index (χ3n) is 4.29. The molecule has 0 aromatic rings. The van der Waals surface area contributed by atoms with Crippen LogP contribution in [0.3, 0.4) is 0 Å². The molecule has 2 rings (SSSR count). The predicted octanol–water partition coefficient (Wildman–Crippen LogP) is 4.10. The molecule has 0 aromatic carbocycles. The highest BCUT2D eigenvalue weighted by Crippen LogP contribution is 2.40. The molecule has 0 saturated heterocycles. The Morgan fingerprint density at radius 1 is 1.35 bits per heavy atom. The quantitative estimate of drug-likeness (QED) is 0.536. The maximum atomic E-state index is 14.3. The van der Waals surface area contributed by atoms with Crippen LogP contribution in [0.25, 0.3) is 0 Å². The van der Waals surface area contributed by atoms with Gasteiger partial charge in [0.15, 0.2) is 0 Å². The van der Waals surface area contributed by atoms with E-state index in [2.05, 4.69) is 13.0 Å². The maximum absolute atomic E-state index is 14.3. The molecule has 98 valence electrons. The van der Waals surface area contributed by atoms with Crippen LogP contribution in [0.2, 0.25) is 0 Å². The van der Waals surface area contributed by atoms with E-state index in [-0.39, 0.29) is 12.0 Å². The molecule has 17 heavy (non-hydrogen) atoms. The van der Waals surface area contributed by atoms with Crippen molar-refractivity contribution in [2.24, 2.45) is 11.8 Å². The Labute approximate surface area is 108 Å². The lowest BCUT2D eigenvalue weighted by Gasteiger charge is -2.37. The van der Waals surface area contributed by atoms with Crippen LogP contribution in [-0.4, -0.2) is 24.8 Å². The van der Waals surface area contributed by atoms with E-state index in [1.54, 1.807) is 7.11 Å². The van der Waals surface area contributed by atoms with Crippen LogP contribution < -0.4 is 0 Å². The van der Waals surface area contributed by atoms with Crippen LogP contribution in [0.4, 0.5) is 4.39 Å². The van der Waals surface area contributed by atoms with E-state index in [4.69, 9.17) is 16.3 Å². The summed E-state index contributed by atoms with van der Waals surface area (Å²) in [6.07, 6.45) is 6.28. The third kappa shape index (κ3) is 2.85. The first-order valence-corrected chi connectivity index (χ1v) is 7.07. The van der Waals surface area contributed by atoms with Gasteiger partial charge in [0, 0.05) is 13.0 Å². The average Bonchev–Trinajstić information content (AvgIpc) is 2.34. The first-order valence-electron chi connectivity index (χ1n) is 6.63. The lowest BCUT2D eigenvalue weighted by atomic mass is 9.76. The summed E-state index contributed by atoms with van der Waals surface area (Å²) in [7, 11) is 1.62. The SMILES string of the molecule is COC1CCC(C2=CCC(C)CC2)C(F)C1Cl. The summed E-state index contributed by atoms with van der Waals surface area (Å²) in [6.45, 7) is 2.26. The van der Waals surface area contributed by atoms with Crippen molar-refractivity contribution in [3.8, 4) is 0 Å². The van der Waals surface area contributed by atoms with Crippen molar-refractivity contribution in [3.05, 3.63) is 11.6 Å². The van der Waals surface area contributed by atoms with E-state index in [1.807, 2.05) is 0 Å². The summed E-state index contributed by atoms with van der Waals surface area (Å²) in [5, 5.41) is -0.487. The van der Waals surface area contributed by atoms with Gasteiger partial charge < -0.3 is 4.74 Å². The largest absolute Gasteiger partial charge is 0.380 e. The number of methoxy groups -OCH3 is 1. The molecule has 0 aliphatic heterocycles. The summed E-state index contributed by atoms with van der Waals surface area (Å²) in [6, 6.07) is 0. The Morgan fingerprint density at radius 2 is 2.12 bits per heavy atom. The molecular weight excluding hydrogens is 239 g/mol. The van der Waals surface area contributed by atoms with Crippen LogP contribution in [0.15, 0.2) is 11.6 Å². The van der Waals surface area contributed by atoms with Crippen LogP contribution in [0.1, 0.15) is 39.0 Å². The topological polar surface area (TPSA) is 9.23 Å². The number of alkyl halides is 2. The fraction of sp³-hybridized carbons (Fsp3) is 0.857. The molecule has 5 unspecified atom stereocenters. The van der Waals surface area contributed by atoms with E-state index in [0.29, 0.717) is 0 Å². The molecule has 1 fully saturated rings. The highest BCUT2D eigenvalue weighted by atomic mass is 35.5. The predicted molar refractivity (Wildman–Crippen MR) is 69.2 cm³/mol. The summed E-state index contributed by atoms with van der Waals surface area (Å²) in [4.78, 5) is 0. The summed E-state index contributed by atoms with van der Waals surface area (Å²) in [5.41, 5.74) is 1.30. The van der Waals surface area contributed by atoms with Gasteiger partial charge in [-0.2, -0.15) is 0 Å². The Morgan fingerprint density at radius 3 is 2.71 bits per heavy atom.